The first-order valence-electron chi connectivity index (χ1n) is 5.09. The summed E-state index contributed by atoms with van der Waals surface area (Å²) in [5.74, 6) is 0.436. The van der Waals surface area contributed by atoms with E-state index in [1.165, 1.54) is 5.56 Å². The maximum absolute atomic E-state index is 9.72. The SMILES string of the molecule is Br.CCCc1c(O)cccc1CN(C)C. The molecule has 1 N–H and O–H groups in total. The van der Waals surface area contributed by atoms with Crippen LogP contribution in [0.1, 0.15) is 24.5 Å². The molecule has 0 atom stereocenters. The summed E-state index contributed by atoms with van der Waals surface area (Å²) in [6.45, 7) is 3.02. The van der Waals surface area contributed by atoms with Crippen LogP contribution in [0.25, 0.3) is 0 Å². The highest BCUT2D eigenvalue weighted by Crippen LogP contribution is 2.23. The number of phenolic OH excluding ortho intramolecular Hbond substituents is 1. The molecular formula is C12H20BrNO. The van der Waals surface area contributed by atoms with E-state index in [1.807, 2.05) is 20.2 Å². The first-order valence-corrected chi connectivity index (χ1v) is 5.09. The van der Waals surface area contributed by atoms with Crippen molar-refractivity contribution in [3.05, 3.63) is 29.3 Å². The van der Waals surface area contributed by atoms with Gasteiger partial charge in [-0.15, -0.1) is 17.0 Å². The molecule has 0 heterocycles. The molecule has 0 saturated heterocycles. The first-order chi connectivity index (χ1) is 6.65. The lowest BCUT2D eigenvalue weighted by Crippen LogP contribution is -2.12. The van der Waals surface area contributed by atoms with E-state index in [0.717, 1.165) is 24.9 Å². The molecule has 2 nitrogen and oxygen atoms in total. The Morgan fingerprint density at radius 3 is 2.47 bits per heavy atom. The number of nitrogens with zero attached hydrogens (tertiary/aromatic N) is 1. The predicted molar refractivity (Wildman–Crippen MR) is 69.8 cm³/mol. The van der Waals surface area contributed by atoms with Crippen LogP contribution in [0.15, 0.2) is 18.2 Å². The lowest BCUT2D eigenvalue weighted by molar-refractivity contribution is 0.397. The van der Waals surface area contributed by atoms with Crippen molar-refractivity contribution >= 4 is 17.0 Å². The average Bonchev–Trinajstić information content (AvgIpc) is 2.10. The van der Waals surface area contributed by atoms with Gasteiger partial charge in [0.2, 0.25) is 0 Å². The maximum atomic E-state index is 9.72. The molecule has 0 aromatic heterocycles. The Balaban J connectivity index is 0.00000196. The number of rotatable bonds is 4. The summed E-state index contributed by atoms with van der Waals surface area (Å²) in [6.07, 6.45) is 2.02. The van der Waals surface area contributed by atoms with Crippen molar-refractivity contribution in [2.24, 2.45) is 0 Å². The molecule has 0 radical (unpaired) electrons. The number of aromatic hydroxyl groups is 1. The van der Waals surface area contributed by atoms with Crippen molar-refractivity contribution in [3.63, 3.8) is 0 Å². The third kappa shape index (κ3) is 4.22. The molecule has 0 amide bonds. The Labute approximate surface area is 103 Å². The monoisotopic (exact) mass is 273 g/mol. The molecule has 0 aliphatic heterocycles. The molecular weight excluding hydrogens is 254 g/mol. The molecule has 1 rings (SSSR count). The van der Waals surface area contributed by atoms with Crippen molar-refractivity contribution < 1.29 is 5.11 Å². The maximum Gasteiger partial charge on any atom is 0.119 e. The molecule has 86 valence electrons. The molecule has 0 aliphatic rings. The van der Waals surface area contributed by atoms with E-state index in [4.69, 9.17) is 0 Å². The first kappa shape index (κ1) is 14.5. The highest BCUT2D eigenvalue weighted by atomic mass is 79.9. The summed E-state index contributed by atoms with van der Waals surface area (Å²) < 4.78 is 0. The van der Waals surface area contributed by atoms with E-state index in [0.29, 0.717) is 5.75 Å². The van der Waals surface area contributed by atoms with E-state index in [9.17, 15) is 5.11 Å². The van der Waals surface area contributed by atoms with Crippen molar-refractivity contribution in [2.75, 3.05) is 14.1 Å². The van der Waals surface area contributed by atoms with Crippen LogP contribution < -0.4 is 0 Å². The van der Waals surface area contributed by atoms with E-state index in [2.05, 4.69) is 17.9 Å². The van der Waals surface area contributed by atoms with Gasteiger partial charge >= 0.3 is 0 Å². The average molecular weight is 274 g/mol. The van der Waals surface area contributed by atoms with Crippen molar-refractivity contribution in [3.8, 4) is 5.75 Å². The van der Waals surface area contributed by atoms with E-state index in [-0.39, 0.29) is 17.0 Å². The number of hydrogen-bond donors (Lipinski definition) is 1. The van der Waals surface area contributed by atoms with Crippen LogP contribution in [0.4, 0.5) is 0 Å². The quantitative estimate of drug-likeness (QED) is 0.912. The fourth-order valence-corrected chi connectivity index (χ4v) is 1.65. The number of halogens is 1. The van der Waals surface area contributed by atoms with Crippen LogP contribution in [0.2, 0.25) is 0 Å². The van der Waals surface area contributed by atoms with Crippen LogP contribution >= 0.6 is 17.0 Å². The zero-order valence-corrected chi connectivity index (χ0v) is 11.4. The Morgan fingerprint density at radius 1 is 1.27 bits per heavy atom. The fraction of sp³-hybridized carbons (Fsp3) is 0.500. The Bertz CT molecular complexity index is 300. The lowest BCUT2D eigenvalue weighted by Gasteiger charge is -2.14. The van der Waals surface area contributed by atoms with Gasteiger partial charge < -0.3 is 10.0 Å². The molecule has 3 heteroatoms. The zero-order valence-electron chi connectivity index (χ0n) is 9.66. The second-order valence-corrected chi connectivity index (χ2v) is 3.90. The summed E-state index contributed by atoms with van der Waals surface area (Å²) in [7, 11) is 4.08. The molecule has 0 bridgehead atoms. The van der Waals surface area contributed by atoms with Crippen LogP contribution in [0.5, 0.6) is 5.75 Å². The summed E-state index contributed by atoms with van der Waals surface area (Å²) in [5.41, 5.74) is 2.33. The fourth-order valence-electron chi connectivity index (χ4n) is 1.65. The second kappa shape index (κ2) is 6.85. The smallest absolute Gasteiger partial charge is 0.119 e. The second-order valence-electron chi connectivity index (χ2n) is 3.90. The highest BCUT2D eigenvalue weighted by molar-refractivity contribution is 8.93. The topological polar surface area (TPSA) is 23.5 Å². The number of hydrogen-bond acceptors (Lipinski definition) is 2. The van der Waals surface area contributed by atoms with E-state index in [1.54, 1.807) is 6.07 Å². The number of phenols is 1. The zero-order chi connectivity index (χ0) is 10.6. The largest absolute Gasteiger partial charge is 0.508 e. The Kier molecular flexibility index (Phi) is 6.61. The van der Waals surface area contributed by atoms with Crippen LogP contribution in [0.3, 0.4) is 0 Å². The number of benzene rings is 1. The summed E-state index contributed by atoms with van der Waals surface area (Å²) >= 11 is 0. The van der Waals surface area contributed by atoms with Gasteiger partial charge in [-0.3, -0.25) is 0 Å². The Morgan fingerprint density at radius 2 is 1.93 bits per heavy atom. The van der Waals surface area contributed by atoms with Gasteiger partial charge in [-0.05, 0) is 37.7 Å². The molecule has 0 spiro atoms. The van der Waals surface area contributed by atoms with Crippen molar-refractivity contribution in [2.45, 2.75) is 26.3 Å². The van der Waals surface area contributed by atoms with Crippen LogP contribution in [-0.2, 0) is 13.0 Å². The van der Waals surface area contributed by atoms with Gasteiger partial charge in [0.1, 0.15) is 5.75 Å². The molecule has 15 heavy (non-hydrogen) atoms. The van der Waals surface area contributed by atoms with Crippen LogP contribution in [0, 0.1) is 0 Å². The van der Waals surface area contributed by atoms with Crippen molar-refractivity contribution in [1.29, 1.82) is 0 Å². The Hall–Kier alpha value is -0.540. The predicted octanol–water partition coefficient (Wildman–Crippen LogP) is 2.98. The van der Waals surface area contributed by atoms with E-state index >= 15 is 0 Å². The third-order valence-electron chi connectivity index (χ3n) is 2.23. The highest BCUT2D eigenvalue weighted by Gasteiger charge is 2.06. The van der Waals surface area contributed by atoms with Crippen molar-refractivity contribution in [1.82, 2.24) is 4.90 Å². The van der Waals surface area contributed by atoms with Gasteiger partial charge in [-0.25, -0.2) is 0 Å². The van der Waals surface area contributed by atoms with Gasteiger partial charge in [0.25, 0.3) is 0 Å². The van der Waals surface area contributed by atoms with E-state index < -0.39 is 0 Å². The molecule has 0 saturated carbocycles. The van der Waals surface area contributed by atoms with Gasteiger partial charge in [-0.1, -0.05) is 25.5 Å². The summed E-state index contributed by atoms with van der Waals surface area (Å²) in [4.78, 5) is 2.12. The molecule has 0 fully saturated rings. The van der Waals surface area contributed by atoms with Gasteiger partial charge in [-0.2, -0.15) is 0 Å². The summed E-state index contributed by atoms with van der Waals surface area (Å²) in [5, 5.41) is 9.72. The molecule has 1 aromatic carbocycles. The minimum absolute atomic E-state index is 0. The normalized spacial score (nSPS) is 10.1. The molecule has 0 aliphatic carbocycles. The van der Waals surface area contributed by atoms with Gasteiger partial charge in [0, 0.05) is 6.54 Å². The van der Waals surface area contributed by atoms with Crippen LogP contribution in [-0.4, -0.2) is 24.1 Å². The van der Waals surface area contributed by atoms with Gasteiger partial charge in [0.15, 0.2) is 0 Å². The standard InChI is InChI=1S/C12H19NO.BrH/c1-4-6-11-10(9-13(2)3)7-5-8-12(11)14;/h5,7-8,14H,4,6,9H2,1-3H3;1H. The molecule has 0 unspecified atom stereocenters. The third-order valence-corrected chi connectivity index (χ3v) is 2.23. The minimum atomic E-state index is 0. The minimum Gasteiger partial charge on any atom is -0.508 e. The lowest BCUT2D eigenvalue weighted by atomic mass is 10.0. The molecule has 1 aromatic rings. The van der Waals surface area contributed by atoms with Gasteiger partial charge in [0.05, 0.1) is 0 Å². The summed E-state index contributed by atoms with van der Waals surface area (Å²) in [6, 6.07) is 5.77.